The van der Waals surface area contributed by atoms with Crippen LogP contribution in [0, 0.1) is 0 Å². The van der Waals surface area contributed by atoms with E-state index in [0.29, 0.717) is 0 Å². The highest BCUT2D eigenvalue weighted by Gasteiger charge is 2.21. The first-order chi connectivity index (χ1) is 9.70. The molecule has 2 rings (SSSR count). The first-order valence-corrected chi connectivity index (χ1v) is 8.62. The average molecular weight is 292 g/mol. The number of hydrogen-bond donors (Lipinski definition) is 1. The molecule has 0 saturated carbocycles. The lowest BCUT2D eigenvalue weighted by Crippen LogP contribution is -2.41. The number of thioether (sulfide) groups is 1. The summed E-state index contributed by atoms with van der Waals surface area (Å²) >= 11 is 1.71. The molecule has 0 bridgehead atoms. The minimum atomic E-state index is -0.162. The van der Waals surface area contributed by atoms with Crippen molar-refractivity contribution in [3.05, 3.63) is 24.3 Å². The van der Waals surface area contributed by atoms with E-state index in [-0.39, 0.29) is 11.9 Å². The Hall–Kier alpha value is -1.16. The summed E-state index contributed by atoms with van der Waals surface area (Å²) in [7, 11) is 0. The maximum atomic E-state index is 12.5. The fraction of sp³-hybridized carbons (Fsp3) is 0.562. The van der Waals surface area contributed by atoms with Crippen molar-refractivity contribution in [3.63, 3.8) is 0 Å². The Morgan fingerprint density at radius 2 is 1.95 bits per heavy atom. The van der Waals surface area contributed by atoms with Crippen LogP contribution in [0.5, 0.6) is 0 Å². The summed E-state index contributed by atoms with van der Waals surface area (Å²) in [6, 6.07) is 8.06. The molecule has 1 aromatic carbocycles. The van der Waals surface area contributed by atoms with Gasteiger partial charge in [-0.1, -0.05) is 18.9 Å². The molecule has 1 fully saturated rings. The summed E-state index contributed by atoms with van der Waals surface area (Å²) < 4.78 is 0. The van der Waals surface area contributed by atoms with E-state index in [1.807, 2.05) is 24.0 Å². The minimum Gasteiger partial charge on any atom is -0.374 e. The number of anilines is 1. The SMILES string of the molecule is CSc1cccc(NC(C)C(=O)N2CCCCCC2)c1. The van der Waals surface area contributed by atoms with E-state index in [4.69, 9.17) is 0 Å². The topological polar surface area (TPSA) is 32.3 Å². The molecule has 0 radical (unpaired) electrons. The Morgan fingerprint density at radius 3 is 2.60 bits per heavy atom. The van der Waals surface area contributed by atoms with Crippen molar-refractivity contribution in [1.82, 2.24) is 4.90 Å². The fourth-order valence-corrected chi connectivity index (χ4v) is 3.05. The number of likely N-dealkylation sites (tertiary alicyclic amines) is 1. The van der Waals surface area contributed by atoms with Crippen molar-refractivity contribution in [3.8, 4) is 0 Å². The maximum Gasteiger partial charge on any atom is 0.244 e. The van der Waals surface area contributed by atoms with E-state index in [2.05, 4.69) is 23.7 Å². The van der Waals surface area contributed by atoms with Gasteiger partial charge in [-0.05, 0) is 44.2 Å². The molecule has 110 valence electrons. The number of benzene rings is 1. The molecule has 1 aliphatic rings. The normalized spacial score (nSPS) is 17.4. The van der Waals surface area contributed by atoms with Crippen molar-refractivity contribution in [2.24, 2.45) is 0 Å². The van der Waals surface area contributed by atoms with Crippen molar-refractivity contribution in [1.29, 1.82) is 0 Å². The molecule has 1 aliphatic heterocycles. The van der Waals surface area contributed by atoms with E-state index in [1.165, 1.54) is 17.7 Å². The lowest BCUT2D eigenvalue weighted by molar-refractivity contribution is -0.131. The van der Waals surface area contributed by atoms with E-state index in [9.17, 15) is 4.79 Å². The second kappa shape index (κ2) is 7.58. The zero-order valence-corrected chi connectivity index (χ0v) is 13.2. The fourth-order valence-electron chi connectivity index (χ4n) is 2.59. The molecule has 3 nitrogen and oxygen atoms in total. The largest absolute Gasteiger partial charge is 0.374 e. The van der Waals surface area contributed by atoms with Crippen molar-refractivity contribution in [2.75, 3.05) is 24.7 Å². The van der Waals surface area contributed by atoms with Gasteiger partial charge >= 0.3 is 0 Å². The summed E-state index contributed by atoms with van der Waals surface area (Å²) in [6.45, 7) is 3.78. The molecule has 1 unspecified atom stereocenters. The van der Waals surface area contributed by atoms with Gasteiger partial charge in [-0.2, -0.15) is 0 Å². The van der Waals surface area contributed by atoms with Crippen LogP contribution in [0.25, 0.3) is 0 Å². The number of rotatable bonds is 4. The standard InChI is InChI=1S/C16H24N2OS/c1-13(16(19)18-10-5-3-4-6-11-18)17-14-8-7-9-15(12-14)20-2/h7-9,12-13,17H,3-6,10-11H2,1-2H3. The summed E-state index contributed by atoms with van der Waals surface area (Å²) in [5.41, 5.74) is 1.02. The smallest absolute Gasteiger partial charge is 0.244 e. The van der Waals surface area contributed by atoms with Gasteiger partial charge in [-0.15, -0.1) is 11.8 Å². The molecule has 1 heterocycles. The van der Waals surface area contributed by atoms with Crippen molar-refractivity contribution >= 4 is 23.4 Å². The molecule has 4 heteroatoms. The lowest BCUT2D eigenvalue weighted by Gasteiger charge is -2.25. The Morgan fingerprint density at radius 1 is 1.25 bits per heavy atom. The highest BCUT2D eigenvalue weighted by atomic mass is 32.2. The molecule has 1 saturated heterocycles. The van der Waals surface area contributed by atoms with E-state index >= 15 is 0 Å². The Bertz CT molecular complexity index is 442. The zero-order chi connectivity index (χ0) is 14.4. The number of nitrogens with one attached hydrogen (secondary N) is 1. The molecule has 0 spiro atoms. The van der Waals surface area contributed by atoms with Crippen LogP contribution in [-0.2, 0) is 4.79 Å². The summed E-state index contributed by atoms with van der Waals surface area (Å²) in [4.78, 5) is 15.7. The Labute approximate surface area is 126 Å². The van der Waals surface area contributed by atoms with Crippen molar-refractivity contribution < 1.29 is 4.79 Å². The van der Waals surface area contributed by atoms with E-state index in [0.717, 1.165) is 31.6 Å². The molecule has 1 atom stereocenters. The third-order valence-electron chi connectivity index (χ3n) is 3.74. The number of nitrogens with zero attached hydrogens (tertiary/aromatic N) is 1. The van der Waals surface area contributed by atoms with Gasteiger partial charge in [0.1, 0.15) is 6.04 Å². The van der Waals surface area contributed by atoms with Crippen LogP contribution in [0.4, 0.5) is 5.69 Å². The Balaban J connectivity index is 1.95. The van der Waals surface area contributed by atoms with Crippen molar-refractivity contribution in [2.45, 2.75) is 43.5 Å². The summed E-state index contributed by atoms with van der Waals surface area (Å²) in [5.74, 6) is 0.224. The monoisotopic (exact) mass is 292 g/mol. The van der Waals surface area contributed by atoms with Gasteiger partial charge in [-0.3, -0.25) is 4.79 Å². The number of carbonyl (C=O) groups is 1. The highest BCUT2D eigenvalue weighted by Crippen LogP contribution is 2.20. The van der Waals surface area contributed by atoms with Crippen LogP contribution in [0.2, 0.25) is 0 Å². The van der Waals surface area contributed by atoms with Gasteiger partial charge in [0.05, 0.1) is 0 Å². The van der Waals surface area contributed by atoms with Crippen LogP contribution in [-0.4, -0.2) is 36.2 Å². The van der Waals surface area contributed by atoms with Crippen LogP contribution >= 0.6 is 11.8 Å². The second-order valence-corrected chi connectivity index (χ2v) is 6.22. The van der Waals surface area contributed by atoms with Gasteiger partial charge in [0.15, 0.2) is 0 Å². The first kappa shape index (κ1) is 15.2. The molecule has 20 heavy (non-hydrogen) atoms. The molecule has 1 N–H and O–H groups in total. The number of hydrogen-bond acceptors (Lipinski definition) is 3. The Kier molecular flexibility index (Phi) is 5.77. The molecule has 0 aromatic heterocycles. The third-order valence-corrected chi connectivity index (χ3v) is 4.47. The van der Waals surface area contributed by atoms with Crippen LogP contribution in [0.1, 0.15) is 32.6 Å². The summed E-state index contributed by atoms with van der Waals surface area (Å²) in [6.07, 6.45) is 6.84. The maximum absolute atomic E-state index is 12.5. The lowest BCUT2D eigenvalue weighted by atomic mass is 10.2. The predicted molar refractivity (Wildman–Crippen MR) is 86.4 cm³/mol. The van der Waals surface area contributed by atoms with Crippen LogP contribution in [0.3, 0.4) is 0 Å². The van der Waals surface area contributed by atoms with Gasteiger partial charge < -0.3 is 10.2 Å². The number of carbonyl (C=O) groups excluding carboxylic acids is 1. The molecular weight excluding hydrogens is 268 g/mol. The van der Waals surface area contributed by atoms with E-state index in [1.54, 1.807) is 11.8 Å². The van der Waals surface area contributed by atoms with Gasteiger partial charge in [-0.25, -0.2) is 0 Å². The molecule has 1 amide bonds. The quantitative estimate of drug-likeness (QED) is 0.860. The van der Waals surface area contributed by atoms with Gasteiger partial charge in [0, 0.05) is 23.7 Å². The van der Waals surface area contributed by atoms with Crippen LogP contribution < -0.4 is 5.32 Å². The highest BCUT2D eigenvalue weighted by molar-refractivity contribution is 7.98. The first-order valence-electron chi connectivity index (χ1n) is 7.40. The molecule has 1 aromatic rings. The van der Waals surface area contributed by atoms with E-state index < -0.39 is 0 Å². The average Bonchev–Trinajstić information content (AvgIpc) is 2.75. The second-order valence-electron chi connectivity index (χ2n) is 5.34. The molecule has 0 aliphatic carbocycles. The minimum absolute atomic E-state index is 0.162. The summed E-state index contributed by atoms with van der Waals surface area (Å²) in [5, 5.41) is 3.33. The molecular formula is C16H24N2OS. The van der Waals surface area contributed by atoms with Gasteiger partial charge in [0.2, 0.25) is 5.91 Å². The van der Waals surface area contributed by atoms with Gasteiger partial charge in [0.25, 0.3) is 0 Å². The van der Waals surface area contributed by atoms with Crippen LogP contribution in [0.15, 0.2) is 29.2 Å². The third kappa shape index (κ3) is 4.17. The number of amides is 1. The predicted octanol–water partition coefficient (Wildman–Crippen LogP) is 3.61. The zero-order valence-electron chi connectivity index (χ0n) is 12.4.